The second-order valence-corrected chi connectivity index (χ2v) is 3.22. The van der Waals surface area contributed by atoms with Crippen LogP contribution in [0.4, 0.5) is 0 Å². The highest BCUT2D eigenvalue weighted by Gasteiger charge is 2.01. The Bertz CT molecular complexity index is 432. The van der Waals surface area contributed by atoms with Gasteiger partial charge >= 0.3 is 5.97 Å². The van der Waals surface area contributed by atoms with E-state index >= 15 is 0 Å². The van der Waals surface area contributed by atoms with Gasteiger partial charge in [0, 0.05) is 6.20 Å². The highest BCUT2D eigenvalue weighted by atomic mass is 16.5. The maximum atomic E-state index is 11.1. The van der Waals surface area contributed by atoms with Gasteiger partial charge in [-0.2, -0.15) is 5.26 Å². The van der Waals surface area contributed by atoms with Gasteiger partial charge in [0.2, 0.25) is 0 Å². The minimum absolute atomic E-state index is 0.0614. The van der Waals surface area contributed by atoms with E-state index in [2.05, 4.69) is 11.4 Å². The summed E-state index contributed by atoms with van der Waals surface area (Å²) in [7, 11) is 0. The number of hydrogen-bond acceptors (Lipinski definition) is 4. The van der Waals surface area contributed by atoms with E-state index in [1.165, 1.54) is 6.20 Å². The molecule has 0 bridgehead atoms. The molecule has 0 aliphatic heterocycles. The van der Waals surface area contributed by atoms with E-state index in [1.54, 1.807) is 6.92 Å². The number of hydrogen-bond donors (Lipinski definition) is 1. The lowest BCUT2D eigenvalue weighted by Crippen LogP contribution is -2.20. The Kier molecular flexibility index (Phi) is 5.32. The van der Waals surface area contributed by atoms with Crippen molar-refractivity contribution in [2.75, 3.05) is 13.2 Å². The van der Waals surface area contributed by atoms with Gasteiger partial charge in [-0.3, -0.25) is 4.79 Å². The van der Waals surface area contributed by atoms with E-state index in [4.69, 9.17) is 10.00 Å². The average Bonchev–Trinajstić information content (AvgIpc) is 2.36. The first-order valence-electron chi connectivity index (χ1n) is 5.32. The molecule has 0 aliphatic carbocycles. The number of nitriles is 1. The number of carbonyl (C=O) groups is 1. The topological polar surface area (TPSA) is 62.1 Å². The van der Waals surface area contributed by atoms with Crippen LogP contribution in [0, 0.1) is 11.3 Å². The fraction of sp³-hybridized carbons (Fsp3) is 0.231. The molecule has 0 fully saturated rings. The lowest BCUT2D eigenvalue weighted by molar-refractivity contribution is -0.141. The molecule has 0 unspecified atom stereocenters. The van der Waals surface area contributed by atoms with Gasteiger partial charge in [0.1, 0.15) is 12.6 Å². The molecule has 17 heavy (non-hydrogen) atoms. The molecule has 0 spiro atoms. The van der Waals surface area contributed by atoms with Crippen LogP contribution >= 0.6 is 0 Å². The first-order valence-corrected chi connectivity index (χ1v) is 5.32. The number of carbonyl (C=O) groups excluding carboxylic acids is 1. The van der Waals surface area contributed by atoms with Crippen molar-refractivity contribution in [1.29, 1.82) is 5.26 Å². The van der Waals surface area contributed by atoms with Crippen LogP contribution in [0.2, 0.25) is 0 Å². The van der Waals surface area contributed by atoms with Crippen LogP contribution in [0.25, 0.3) is 5.57 Å². The van der Waals surface area contributed by atoms with E-state index < -0.39 is 0 Å². The Balaban J connectivity index is 2.58. The highest BCUT2D eigenvalue weighted by Crippen LogP contribution is 2.11. The van der Waals surface area contributed by atoms with Crippen molar-refractivity contribution >= 4 is 11.5 Å². The summed E-state index contributed by atoms with van der Waals surface area (Å²) >= 11 is 0. The van der Waals surface area contributed by atoms with E-state index in [1.807, 2.05) is 30.3 Å². The van der Waals surface area contributed by atoms with Crippen LogP contribution in [0.3, 0.4) is 0 Å². The fourth-order valence-corrected chi connectivity index (χ4v) is 1.25. The summed E-state index contributed by atoms with van der Waals surface area (Å²) in [5.41, 5.74) is 1.29. The van der Waals surface area contributed by atoms with Crippen molar-refractivity contribution < 1.29 is 9.53 Å². The molecule has 0 heterocycles. The number of benzene rings is 1. The van der Waals surface area contributed by atoms with Crippen LogP contribution in [0.15, 0.2) is 36.5 Å². The average molecular weight is 230 g/mol. The van der Waals surface area contributed by atoms with Crippen LogP contribution in [0.5, 0.6) is 0 Å². The third-order valence-electron chi connectivity index (χ3n) is 2.00. The van der Waals surface area contributed by atoms with Crippen molar-refractivity contribution in [2.24, 2.45) is 0 Å². The molecule has 1 aromatic carbocycles. The first kappa shape index (κ1) is 12.8. The molecule has 4 nitrogen and oxygen atoms in total. The summed E-state index contributed by atoms with van der Waals surface area (Å²) < 4.78 is 4.75. The summed E-state index contributed by atoms with van der Waals surface area (Å²) in [4.78, 5) is 11.1. The third-order valence-corrected chi connectivity index (χ3v) is 2.00. The third kappa shape index (κ3) is 4.39. The molecule has 0 aliphatic rings. The van der Waals surface area contributed by atoms with Crippen molar-refractivity contribution in [3.63, 3.8) is 0 Å². The van der Waals surface area contributed by atoms with Gasteiger partial charge in [-0.1, -0.05) is 30.3 Å². The van der Waals surface area contributed by atoms with E-state index in [9.17, 15) is 4.79 Å². The van der Waals surface area contributed by atoms with Gasteiger partial charge in [0.15, 0.2) is 0 Å². The highest BCUT2D eigenvalue weighted by molar-refractivity contribution is 5.77. The van der Waals surface area contributed by atoms with Crippen molar-refractivity contribution in [1.82, 2.24) is 5.32 Å². The number of rotatable bonds is 5. The lowest BCUT2D eigenvalue weighted by Gasteiger charge is -2.02. The standard InChI is InChI=1S/C13H14N2O2/c1-2-17-13(16)10-15-9-12(8-14)11-6-4-3-5-7-11/h3-7,9,15H,2,10H2,1H3/b12-9-. The Labute approximate surface area is 101 Å². The molecule has 1 aromatic rings. The molecule has 1 N–H and O–H groups in total. The zero-order valence-corrected chi connectivity index (χ0v) is 9.64. The Morgan fingerprint density at radius 3 is 2.76 bits per heavy atom. The second-order valence-electron chi connectivity index (χ2n) is 3.22. The summed E-state index contributed by atoms with van der Waals surface area (Å²) in [5.74, 6) is -0.339. The number of esters is 1. The van der Waals surface area contributed by atoms with Crippen molar-refractivity contribution in [3.8, 4) is 6.07 Å². The molecule has 88 valence electrons. The first-order chi connectivity index (χ1) is 8.27. The van der Waals surface area contributed by atoms with Crippen LogP contribution in [-0.4, -0.2) is 19.1 Å². The number of allylic oxidation sites excluding steroid dienone is 1. The number of nitrogens with one attached hydrogen (secondary N) is 1. The smallest absolute Gasteiger partial charge is 0.325 e. The Morgan fingerprint density at radius 2 is 2.18 bits per heavy atom. The molecule has 0 aromatic heterocycles. The number of ether oxygens (including phenoxy) is 1. The Morgan fingerprint density at radius 1 is 1.47 bits per heavy atom. The van der Waals surface area contributed by atoms with E-state index in [0.29, 0.717) is 12.2 Å². The largest absolute Gasteiger partial charge is 0.465 e. The lowest BCUT2D eigenvalue weighted by atomic mass is 10.1. The Hall–Kier alpha value is -2.28. The predicted octanol–water partition coefficient (Wildman–Crippen LogP) is 1.70. The second kappa shape index (κ2) is 7.07. The molecule has 0 atom stereocenters. The fourth-order valence-electron chi connectivity index (χ4n) is 1.25. The van der Waals surface area contributed by atoms with Crippen molar-refractivity contribution in [3.05, 3.63) is 42.1 Å². The maximum absolute atomic E-state index is 11.1. The molecule has 0 saturated carbocycles. The van der Waals surface area contributed by atoms with Gasteiger partial charge in [0.25, 0.3) is 0 Å². The molecule has 0 radical (unpaired) electrons. The van der Waals surface area contributed by atoms with Crippen LogP contribution < -0.4 is 5.32 Å². The van der Waals surface area contributed by atoms with Gasteiger partial charge < -0.3 is 10.1 Å². The zero-order chi connectivity index (χ0) is 12.5. The monoisotopic (exact) mass is 230 g/mol. The molecular weight excluding hydrogens is 216 g/mol. The minimum Gasteiger partial charge on any atom is -0.465 e. The van der Waals surface area contributed by atoms with Gasteiger partial charge in [-0.15, -0.1) is 0 Å². The van der Waals surface area contributed by atoms with Gasteiger partial charge in [-0.25, -0.2) is 0 Å². The van der Waals surface area contributed by atoms with E-state index in [-0.39, 0.29) is 12.5 Å². The van der Waals surface area contributed by atoms with Crippen LogP contribution in [-0.2, 0) is 9.53 Å². The van der Waals surface area contributed by atoms with Gasteiger partial charge in [-0.05, 0) is 12.5 Å². The van der Waals surface area contributed by atoms with Gasteiger partial charge in [0.05, 0.1) is 12.2 Å². The predicted molar refractivity (Wildman–Crippen MR) is 64.7 cm³/mol. The molecular formula is C13H14N2O2. The van der Waals surface area contributed by atoms with E-state index in [0.717, 1.165) is 5.56 Å². The summed E-state index contributed by atoms with van der Waals surface area (Å²) in [6.07, 6.45) is 1.52. The molecule has 0 saturated heterocycles. The number of nitrogens with zero attached hydrogens (tertiary/aromatic N) is 1. The normalized spacial score (nSPS) is 10.5. The summed E-state index contributed by atoms with van der Waals surface area (Å²) in [6.45, 7) is 2.16. The molecule has 0 amide bonds. The molecule has 1 rings (SSSR count). The maximum Gasteiger partial charge on any atom is 0.325 e. The zero-order valence-electron chi connectivity index (χ0n) is 9.64. The summed E-state index contributed by atoms with van der Waals surface area (Å²) in [5, 5.41) is 11.7. The molecule has 4 heteroatoms. The minimum atomic E-state index is -0.339. The SMILES string of the molecule is CCOC(=O)CN/C=C(/C#N)c1ccccc1. The quantitative estimate of drug-likeness (QED) is 0.617. The summed E-state index contributed by atoms with van der Waals surface area (Å²) in [6, 6.07) is 11.3. The van der Waals surface area contributed by atoms with Crippen molar-refractivity contribution in [2.45, 2.75) is 6.92 Å². The van der Waals surface area contributed by atoms with Crippen LogP contribution in [0.1, 0.15) is 12.5 Å².